The fourth-order valence-electron chi connectivity index (χ4n) is 2.36. The summed E-state index contributed by atoms with van der Waals surface area (Å²) in [5.74, 6) is 0. The van der Waals surface area contributed by atoms with E-state index in [0.717, 1.165) is 13.1 Å². The highest BCUT2D eigenvalue weighted by molar-refractivity contribution is 5.68. The molecule has 2 heterocycles. The van der Waals surface area contributed by atoms with E-state index in [0.29, 0.717) is 19.1 Å². The van der Waals surface area contributed by atoms with Crippen molar-refractivity contribution in [2.45, 2.75) is 44.6 Å². The molecule has 2 rings (SSSR count). The lowest BCUT2D eigenvalue weighted by Crippen LogP contribution is -2.60. The summed E-state index contributed by atoms with van der Waals surface area (Å²) in [6.07, 6.45) is -0.223. The standard InChI is InChI=1S/C13H25N3O3/c1-13(2,3)19-12(17)16-7-10(11(8-16)18-4)15-9-5-14-6-9/h9-11,14-15H,5-8H2,1-4H3/t10?,11-/m0/s1. The lowest BCUT2D eigenvalue weighted by atomic mass is 10.1. The molecular formula is C13H25N3O3. The monoisotopic (exact) mass is 271 g/mol. The largest absolute Gasteiger partial charge is 0.444 e. The van der Waals surface area contributed by atoms with Gasteiger partial charge in [0.25, 0.3) is 0 Å². The lowest BCUT2D eigenvalue weighted by molar-refractivity contribution is 0.0252. The van der Waals surface area contributed by atoms with Gasteiger partial charge in [-0.15, -0.1) is 0 Å². The Kier molecular flexibility index (Phi) is 4.32. The molecule has 2 saturated heterocycles. The Morgan fingerprint density at radius 3 is 2.47 bits per heavy atom. The number of ether oxygens (including phenoxy) is 2. The van der Waals surface area contributed by atoms with Crippen LogP contribution >= 0.6 is 0 Å². The number of likely N-dealkylation sites (tertiary alicyclic amines) is 1. The third-order valence-electron chi connectivity index (χ3n) is 3.45. The maximum absolute atomic E-state index is 12.0. The van der Waals surface area contributed by atoms with E-state index in [2.05, 4.69) is 10.6 Å². The molecule has 1 unspecified atom stereocenters. The van der Waals surface area contributed by atoms with Crippen LogP contribution in [-0.4, -0.2) is 68.1 Å². The van der Waals surface area contributed by atoms with Gasteiger partial charge in [0.15, 0.2) is 0 Å². The summed E-state index contributed by atoms with van der Waals surface area (Å²) < 4.78 is 10.9. The van der Waals surface area contributed by atoms with Crippen molar-refractivity contribution < 1.29 is 14.3 Å². The van der Waals surface area contributed by atoms with Gasteiger partial charge < -0.3 is 25.0 Å². The van der Waals surface area contributed by atoms with Crippen molar-refractivity contribution in [1.82, 2.24) is 15.5 Å². The van der Waals surface area contributed by atoms with E-state index < -0.39 is 5.60 Å². The Balaban J connectivity index is 1.88. The normalized spacial score (nSPS) is 28.3. The Hall–Kier alpha value is -0.850. The molecule has 2 aliphatic heterocycles. The average Bonchev–Trinajstić information content (AvgIpc) is 2.64. The second-order valence-electron chi connectivity index (χ2n) is 6.29. The highest BCUT2D eigenvalue weighted by Crippen LogP contribution is 2.18. The predicted octanol–water partition coefficient (Wildman–Crippen LogP) is 0.182. The minimum absolute atomic E-state index is 0.0353. The summed E-state index contributed by atoms with van der Waals surface area (Å²) in [4.78, 5) is 13.8. The van der Waals surface area contributed by atoms with Gasteiger partial charge in [0.2, 0.25) is 0 Å². The molecule has 19 heavy (non-hydrogen) atoms. The van der Waals surface area contributed by atoms with Crippen molar-refractivity contribution in [3.63, 3.8) is 0 Å². The zero-order valence-electron chi connectivity index (χ0n) is 12.2. The highest BCUT2D eigenvalue weighted by atomic mass is 16.6. The number of hydrogen-bond donors (Lipinski definition) is 2. The summed E-state index contributed by atoms with van der Waals surface area (Å²) in [6, 6.07) is 0.672. The molecule has 2 fully saturated rings. The second-order valence-corrected chi connectivity index (χ2v) is 6.29. The van der Waals surface area contributed by atoms with Gasteiger partial charge in [0, 0.05) is 32.8 Å². The SMILES string of the molecule is CO[C@H]1CN(C(=O)OC(C)(C)C)CC1NC1CNC1. The van der Waals surface area contributed by atoms with Gasteiger partial charge >= 0.3 is 6.09 Å². The van der Waals surface area contributed by atoms with Crippen molar-refractivity contribution >= 4 is 6.09 Å². The van der Waals surface area contributed by atoms with Crippen LogP contribution in [0.5, 0.6) is 0 Å². The van der Waals surface area contributed by atoms with Crippen molar-refractivity contribution in [1.29, 1.82) is 0 Å². The minimum atomic E-state index is -0.455. The van der Waals surface area contributed by atoms with E-state index in [-0.39, 0.29) is 18.2 Å². The third kappa shape index (κ3) is 3.81. The molecule has 2 atom stereocenters. The molecule has 0 aromatic heterocycles. The van der Waals surface area contributed by atoms with Crippen LogP contribution in [0.25, 0.3) is 0 Å². The summed E-state index contributed by atoms with van der Waals surface area (Å²) in [7, 11) is 1.69. The minimum Gasteiger partial charge on any atom is -0.444 e. The molecule has 0 spiro atoms. The molecule has 0 saturated carbocycles. The molecule has 0 bridgehead atoms. The second kappa shape index (κ2) is 5.64. The molecule has 110 valence electrons. The van der Waals surface area contributed by atoms with Crippen LogP contribution < -0.4 is 10.6 Å². The summed E-state index contributed by atoms with van der Waals surface area (Å²) in [5.41, 5.74) is -0.455. The third-order valence-corrected chi connectivity index (χ3v) is 3.45. The van der Waals surface area contributed by atoms with Gasteiger partial charge in [-0.1, -0.05) is 0 Å². The zero-order chi connectivity index (χ0) is 14.0. The van der Waals surface area contributed by atoms with Crippen LogP contribution in [0.4, 0.5) is 4.79 Å². The first-order valence-corrected chi connectivity index (χ1v) is 6.86. The molecule has 6 nitrogen and oxygen atoms in total. The number of amides is 1. The molecule has 6 heteroatoms. The Labute approximate surface area is 114 Å². The molecule has 2 aliphatic rings. The first kappa shape index (κ1) is 14.6. The van der Waals surface area contributed by atoms with Crippen molar-refractivity contribution in [3.05, 3.63) is 0 Å². The predicted molar refractivity (Wildman–Crippen MR) is 72.2 cm³/mol. The van der Waals surface area contributed by atoms with Gasteiger partial charge in [0.1, 0.15) is 5.60 Å². The Morgan fingerprint density at radius 2 is 2.00 bits per heavy atom. The molecule has 0 radical (unpaired) electrons. The number of hydrogen-bond acceptors (Lipinski definition) is 5. The summed E-state index contributed by atoms with van der Waals surface area (Å²) in [5, 5.41) is 6.75. The van der Waals surface area contributed by atoms with Gasteiger partial charge in [-0.05, 0) is 20.8 Å². The molecular weight excluding hydrogens is 246 g/mol. The number of carbonyl (C=O) groups is 1. The maximum Gasteiger partial charge on any atom is 0.410 e. The number of rotatable bonds is 3. The van der Waals surface area contributed by atoms with Crippen LogP contribution in [0.3, 0.4) is 0 Å². The van der Waals surface area contributed by atoms with Crippen LogP contribution in [0.1, 0.15) is 20.8 Å². The van der Waals surface area contributed by atoms with Gasteiger partial charge in [-0.2, -0.15) is 0 Å². The molecule has 0 aromatic carbocycles. The van der Waals surface area contributed by atoms with Crippen LogP contribution in [-0.2, 0) is 9.47 Å². The zero-order valence-corrected chi connectivity index (χ0v) is 12.2. The van der Waals surface area contributed by atoms with Gasteiger partial charge in [-0.25, -0.2) is 4.79 Å². The number of nitrogens with zero attached hydrogens (tertiary/aromatic N) is 1. The van der Waals surface area contributed by atoms with Crippen LogP contribution in [0, 0.1) is 0 Å². The fraction of sp³-hybridized carbons (Fsp3) is 0.923. The highest BCUT2D eigenvalue weighted by Gasteiger charge is 2.38. The van der Waals surface area contributed by atoms with E-state index in [4.69, 9.17) is 9.47 Å². The van der Waals surface area contributed by atoms with E-state index >= 15 is 0 Å². The summed E-state index contributed by atoms with van der Waals surface area (Å²) in [6.45, 7) is 8.84. The van der Waals surface area contributed by atoms with E-state index in [9.17, 15) is 4.79 Å². The number of carbonyl (C=O) groups excluding carboxylic acids is 1. The average molecular weight is 271 g/mol. The molecule has 0 aromatic rings. The molecule has 2 N–H and O–H groups in total. The molecule has 1 amide bonds. The van der Waals surface area contributed by atoms with Crippen molar-refractivity contribution in [2.24, 2.45) is 0 Å². The number of nitrogens with one attached hydrogen (secondary N) is 2. The van der Waals surface area contributed by atoms with E-state index in [1.165, 1.54) is 0 Å². The maximum atomic E-state index is 12.0. The van der Waals surface area contributed by atoms with Crippen molar-refractivity contribution in [2.75, 3.05) is 33.3 Å². The summed E-state index contributed by atoms with van der Waals surface area (Å²) >= 11 is 0. The van der Waals surface area contributed by atoms with Crippen LogP contribution in [0.2, 0.25) is 0 Å². The first-order valence-electron chi connectivity index (χ1n) is 6.86. The fourth-order valence-corrected chi connectivity index (χ4v) is 2.36. The topological polar surface area (TPSA) is 62.8 Å². The Morgan fingerprint density at radius 1 is 1.32 bits per heavy atom. The quantitative estimate of drug-likeness (QED) is 0.767. The van der Waals surface area contributed by atoms with Gasteiger partial charge in [0.05, 0.1) is 18.7 Å². The Bertz CT molecular complexity index is 326. The first-order chi connectivity index (χ1) is 8.89. The van der Waals surface area contributed by atoms with Gasteiger partial charge in [-0.3, -0.25) is 0 Å². The van der Waals surface area contributed by atoms with Crippen LogP contribution in [0.15, 0.2) is 0 Å². The lowest BCUT2D eigenvalue weighted by Gasteiger charge is -2.32. The smallest absolute Gasteiger partial charge is 0.410 e. The van der Waals surface area contributed by atoms with Crippen molar-refractivity contribution in [3.8, 4) is 0 Å². The molecule has 0 aliphatic carbocycles. The van der Waals surface area contributed by atoms with E-state index in [1.807, 2.05) is 20.8 Å². The van der Waals surface area contributed by atoms with E-state index in [1.54, 1.807) is 12.0 Å². The number of methoxy groups -OCH3 is 1.